The summed E-state index contributed by atoms with van der Waals surface area (Å²) in [4.78, 5) is 26.9. The maximum absolute atomic E-state index is 12.7. The van der Waals surface area contributed by atoms with E-state index in [2.05, 4.69) is 10.6 Å². The van der Waals surface area contributed by atoms with Crippen molar-refractivity contribution in [3.05, 3.63) is 47.5 Å². The van der Waals surface area contributed by atoms with Crippen molar-refractivity contribution in [1.29, 1.82) is 0 Å². The van der Waals surface area contributed by atoms with Crippen LogP contribution in [0.15, 0.2) is 42.5 Å². The minimum Gasteiger partial charge on any atom is -0.497 e. The molecule has 2 aromatic carbocycles. The van der Waals surface area contributed by atoms with Crippen LogP contribution in [-0.4, -0.2) is 50.1 Å². The highest BCUT2D eigenvalue weighted by Crippen LogP contribution is 2.28. The zero-order valence-corrected chi connectivity index (χ0v) is 17.7. The number of carbonyl (C=O) groups excluding carboxylic acids is 2. The van der Waals surface area contributed by atoms with Gasteiger partial charge >= 0.3 is 0 Å². The van der Waals surface area contributed by atoms with Crippen molar-refractivity contribution in [1.82, 2.24) is 4.90 Å². The van der Waals surface area contributed by atoms with Gasteiger partial charge in [0.2, 0.25) is 11.8 Å². The van der Waals surface area contributed by atoms with Gasteiger partial charge < -0.3 is 20.1 Å². The van der Waals surface area contributed by atoms with Gasteiger partial charge in [0.15, 0.2) is 0 Å². The second-order valence-electron chi connectivity index (χ2n) is 6.35. The smallest absolute Gasteiger partial charge is 0.241 e. The third-order valence-electron chi connectivity index (χ3n) is 4.47. The maximum atomic E-state index is 12.7. The predicted octanol–water partition coefficient (Wildman–Crippen LogP) is 3.64. The first kappa shape index (κ1) is 22.5. The molecule has 0 spiro atoms. The Morgan fingerprint density at radius 1 is 1.07 bits per heavy atom. The molecule has 1 unspecified atom stereocenters. The first-order valence-corrected chi connectivity index (χ1v) is 9.58. The number of halogens is 1. The molecule has 156 valence electrons. The number of benzene rings is 2. The lowest BCUT2D eigenvalue weighted by atomic mass is 10.2. The molecule has 2 amide bonds. The van der Waals surface area contributed by atoms with Gasteiger partial charge in [0, 0.05) is 10.7 Å². The summed E-state index contributed by atoms with van der Waals surface area (Å²) in [7, 11) is 3.10. The highest BCUT2D eigenvalue weighted by atomic mass is 35.5. The van der Waals surface area contributed by atoms with Crippen LogP contribution in [0.2, 0.25) is 5.02 Å². The summed E-state index contributed by atoms with van der Waals surface area (Å²) in [5, 5.41) is 6.12. The fourth-order valence-electron chi connectivity index (χ4n) is 2.76. The molecule has 0 fully saturated rings. The zero-order valence-electron chi connectivity index (χ0n) is 17.0. The lowest BCUT2D eigenvalue weighted by molar-refractivity contribution is -0.123. The van der Waals surface area contributed by atoms with Crippen molar-refractivity contribution in [2.75, 3.05) is 37.9 Å². The highest BCUT2D eigenvalue weighted by Gasteiger charge is 2.23. The van der Waals surface area contributed by atoms with E-state index in [4.69, 9.17) is 21.1 Å². The number of likely N-dealkylation sites (N-methyl/N-ethyl adjacent to an activating group) is 1. The Balaban J connectivity index is 1.99. The van der Waals surface area contributed by atoms with Crippen LogP contribution in [0.3, 0.4) is 0 Å². The second kappa shape index (κ2) is 10.7. The largest absolute Gasteiger partial charge is 0.497 e. The van der Waals surface area contributed by atoms with Gasteiger partial charge in [-0.3, -0.25) is 14.5 Å². The number of nitrogens with one attached hydrogen (secondary N) is 2. The van der Waals surface area contributed by atoms with E-state index >= 15 is 0 Å². The van der Waals surface area contributed by atoms with Crippen molar-refractivity contribution < 1.29 is 19.1 Å². The van der Waals surface area contributed by atoms with Gasteiger partial charge in [0.05, 0.1) is 32.5 Å². The topological polar surface area (TPSA) is 79.9 Å². The molecular weight excluding hydrogens is 394 g/mol. The third kappa shape index (κ3) is 6.37. The molecular formula is C21H26ClN3O4. The summed E-state index contributed by atoms with van der Waals surface area (Å²) in [6.07, 6.45) is 0. The lowest BCUT2D eigenvalue weighted by Gasteiger charge is -2.26. The number of nitrogens with zero attached hydrogens (tertiary/aromatic N) is 1. The van der Waals surface area contributed by atoms with Gasteiger partial charge in [-0.15, -0.1) is 0 Å². The normalized spacial score (nSPS) is 11.7. The van der Waals surface area contributed by atoms with Crippen LogP contribution >= 0.6 is 11.6 Å². The molecule has 0 saturated heterocycles. The Bertz CT molecular complexity index is 842. The number of hydrogen-bond acceptors (Lipinski definition) is 5. The van der Waals surface area contributed by atoms with Crippen molar-refractivity contribution in [2.24, 2.45) is 0 Å². The van der Waals surface area contributed by atoms with Crippen LogP contribution in [0.1, 0.15) is 13.8 Å². The maximum Gasteiger partial charge on any atom is 0.241 e. The van der Waals surface area contributed by atoms with Gasteiger partial charge in [-0.2, -0.15) is 0 Å². The first-order valence-electron chi connectivity index (χ1n) is 9.20. The van der Waals surface area contributed by atoms with E-state index in [-0.39, 0.29) is 18.4 Å². The van der Waals surface area contributed by atoms with E-state index in [1.807, 2.05) is 6.92 Å². The number of hydrogen-bond donors (Lipinski definition) is 2. The summed E-state index contributed by atoms with van der Waals surface area (Å²) < 4.78 is 10.4. The van der Waals surface area contributed by atoms with Gasteiger partial charge in [-0.1, -0.05) is 18.5 Å². The van der Waals surface area contributed by atoms with Gasteiger partial charge in [-0.05, 0) is 55.9 Å². The van der Waals surface area contributed by atoms with Crippen molar-refractivity contribution in [3.8, 4) is 11.5 Å². The van der Waals surface area contributed by atoms with Crippen molar-refractivity contribution >= 4 is 34.8 Å². The molecule has 1 atom stereocenters. The summed E-state index contributed by atoms with van der Waals surface area (Å²) >= 11 is 6.01. The molecule has 0 aliphatic heterocycles. The number of carbonyl (C=O) groups is 2. The molecule has 2 rings (SSSR count). The number of rotatable bonds is 9. The van der Waals surface area contributed by atoms with Crippen LogP contribution in [0.25, 0.3) is 0 Å². The van der Waals surface area contributed by atoms with Crippen LogP contribution < -0.4 is 20.1 Å². The minimum atomic E-state index is -0.537. The molecule has 0 bridgehead atoms. The Morgan fingerprint density at radius 3 is 2.34 bits per heavy atom. The van der Waals surface area contributed by atoms with Crippen LogP contribution in [0, 0.1) is 0 Å². The van der Waals surface area contributed by atoms with E-state index in [1.54, 1.807) is 61.4 Å². The minimum absolute atomic E-state index is 0.0732. The fourth-order valence-corrected chi connectivity index (χ4v) is 2.93. The second-order valence-corrected chi connectivity index (χ2v) is 6.79. The first-order chi connectivity index (χ1) is 13.9. The van der Waals surface area contributed by atoms with E-state index in [0.29, 0.717) is 34.4 Å². The van der Waals surface area contributed by atoms with Crippen LogP contribution in [0.5, 0.6) is 11.5 Å². The standard InChI is InChI=1S/C21H26ClN3O4/c1-5-25(13-20(26)23-16-7-9-17(28-3)10-8-16)14(2)21(27)24-18-12-15(22)6-11-19(18)29-4/h6-12,14H,5,13H2,1-4H3,(H,23,26)(H,24,27). The SMILES string of the molecule is CCN(CC(=O)Nc1ccc(OC)cc1)C(C)C(=O)Nc1cc(Cl)ccc1OC. The quantitative estimate of drug-likeness (QED) is 0.648. The third-order valence-corrected chi connectivity index (χ3v) is 4.71. The molecule has 0 aliphatic carbocycles. The fraction of sp³-hybridized carbons (Fsp3) is 0.333. The summed E-state index contributed by atoms with van der Waals surface area (Å²) in [6, 6.07) is 11.5. The Kier molecular flexibility index (Phi) is 8.30. The van der Waals surface area contributed by atoms with E-state index < -0.39 is 6.04 Å². The molecule has 7 nitrogen and oxygen atoms in total. The van der Waals surface area contributed by atoms with Gasteiger partial charge in [-0.25, -0.2) is 0 Å². The van der Waals surface area contributed by atoms with Crippen molar-refractivity contribution in [3.63, 3.8) is 0 Å². The number of ether oxygens (including phenoxy) is 2. The molecule has 2 aromatic rings. The lowest BCUT2D eigenvalue weighted by Crippen LogP contribution is -2.45. The molecule has 0 heterocycles. The highest BCUT2D eigenvalue weighted by molar-refractivity contribution is 6.31. The average Bonchev–Trinajstić information content (AvgIpc) is 2.72. The summed E-state index contributed by atoms with van der Waals surface area (Å²) in [5.41, 5.74) is 1.14. The van der Waals surface area contributed by atoms with E-state index in [9.17, 15) is 9.59 Å². The van der Waals surface area contributed by atoms with E-state index in [1.165, 1.54) is 7.11 Å². The Morgan fingerprint density at radius 2 is 1.76 bits per heavy atom. The number of methoxy groups -OCH3 is 2. The molecule has 29 heavy (non-hydrogen) atoms. The predicted molar refractivity (Wildman–Crippen MR) is 115 cm³/mol. The van der Waals surface area contributed by atoms with Crippen molar-refractivity contribution in [2.45, 2.75) is 19.9 Å². The monoisotopic (exact) mass is 419 g/mol. The number of anilines is 2. The van der Waals surface area contributed by atoms with Gasteiger partial charge in [0.1, 0.15) is 11.5 Å². The van der Waals surface area contributed by atoms with Gasteiger partial charge in [0.25, 0.3) is 0 Å². The van der Waals surface area contributed by atoms with Crippen LogP contribution in [0.4, 0.5) is 11.4 Å². The molecule has 0 aromatic heterocycles. The Hall–Kier alpha value is -2.77. The molecule has 2 N–H and O–H groups in total. The Labute approximate surface area is 175 Å². The summed E-state index contributed by atoms with van der Waals surface area (Å²) in [6.45, 7) is 4.24. The zero-order chi connectivity index (χ0) is 21.4. The molecule has 0 saturated carbocycles. The number of amides is 2. The average molecular weight is 420 g/mol. The molecule has 0 aliphatic rings. The molecule has 0 radical (unpaired) electrons. The van der Waals surface area contributed by atoms with Crippen LogP contribution in [-0.2, 0) is 9.59 Å². The molecule has 8 heteroatoms. The van der Waals surface area contributed by atoms with E-state index in [0.717, 1.165) is 0 Å². The summed E-state index contributed by atoms with van der Waals surface area (Å²) in [5.74, 6) is 0.747.